The Labute approximate surface area is 163 Å². The van der Waals surface area contributed by atoms with E-state index in [4.69, 9.17) is 0 Å². The molecule has 27 heavy (non-hydrogen) atoms. The van der Waals surface area contributed by atoms with Crippen molar-refractivity contribution in [2.75, 3.05) is 11.1 Å². The van der Waals surface area contributed by atoms with Crippen molar-refractivity contribution in [3.63, 3.8) is 0 Å². The number of hydrogen-bond donors (Lipinski definition) is 2. The second kappa shape index (κ2) is 8.45. The first-order valence-corrected chi connectivity index (χ1v) is 10.0. The van der Waals surface area contributed by atoms with Crippen LogP contribution in [-0.4, -0.2) is 26.6 Å². The van der Waals surface area contributed by atoms with Crippen molar-refractivity contribution in [2.24, 2.45) is 0 Å². The van der Waals surface area contributed by atoms with E-state index < -0.39 is 0 Å². The molecule has 1 amide bonds. The minimum Gasteiger partial charge on any atom is -0.301 e. The quantitative estimate of drug-likeness (QED) is 0.481. The number of nitrogens with one attached hydrogen (secondary N) is 2. The molecule has 3 rings (SSSR count). The van der Waals surface area contributed by atoms with Crippen molar-refractivity contribution in [3.8, 4) is 11.3 Å². The minimum atomic E-state index is -0.312. The largest absolute Gasteiger partial charge is 0.301 e. The van der Waals surface area contributed by atoms with Crippen molar-refractivity contribution >= 4 is 34.1 Å². The monoisotopic (exact) mass is 404 g/mol. The van der Waals surface area contributed by atoms with Gasteiger partial charge in [-0.3, -0.25) is 9.59 Å². The van der Waals surface area contributed by atoms with E-state index in [9.17, 15) is 14.0 Å². The van der Waals surface area contributed by atoms with Gasteiger partial charge >= 0.3 is 0 Å². The van der Waals surface area contributed by atoms with Gasteiger partial charge in [-0.2, -0.15) is 0 Å². The lowest BCUT2D eigenvalue weighted by atomic mass is 10.1. The average molecular weight is 404 g/mol. The number of thioether (sulfide) groups is 1. The van der Waals surface area contributed by atoms with Crippen LogP contribution in [0.2, 0.25) is 0 Å². The summed E-state index contributed by atoms with van der Waals surface area (Å²) >= 11 is 2.44. The molecule has 6 nitrogen and oxygen atoms in total. The van der Waals surface area contributed by atoms with E-state index in [2.05, 4.69) is 20.3 Å². The van der Waals surface area contributed by atoms with Gasteiger partial charge in [-0.1, -0.05) is 25.6 Å². The number of hydrogen-bond acceptors (Lipinski definition) is 6. The molecule has 2 aromatic heterocycles. The Hall–Kier alpha value is -2.52. The Kier molecular flexibility index (Phi) is 6.02. The van der Waals surface area contributed by atoms with Crippen LogP contribution in [0.15, 0.2) is 45.7 Å². The van der Waals surface area contributed by atoms with Crippen LogP contribution in [0.25, 0.3) is 11.3 Å². The molecule has 3 aromatic rings. The van der Waals surface area contributed by atoms with E-state index in [-0.39, 0.29) is 29.0 Å². The number of H-pyrrole nitrogens is 1. The summed E-state index contributed by atoms with van der Waals surface area (Å²) in [6.45, 7) is 3.90. The summed E-state index contributed by atoms with van der Waals surface area (Å²) in [6.07, 6.45) is 0. The second-order valence-corrected chi connectivity index (χ2v) is 7.83. The molecular formula is C18H17FN4O2S2. The maximum Gasteiger partial charge on any atom is 0.251 e. The number of halogens is 1. The fourth-order valence-electron chi connectivity index (χ4n) is 2.19. The molecule has 0 radical (unpaired) electrons. The highest BCUT2D eigenvalue weighted by molar-refractivity contribution is 7.99. The summed E-state index contributed by atoms with van der Waals surface area (Å²) in [4.78, 5) is 35.1. The Morgan fingerprint density at radius 3 is 2.74 bits per heavy atom. The predicted molar refractivity (Wildman–Crippen MR) is 106 cm³/mol. The fourth-order valence-corrected chi connectivity index (χ4v) is 3.61. The van der Waals surface area contributed by atoms with Crippen molar-refractivity contribution < 1.29 is 9.18 Å². The van der Waals surface area contributed by atoms with Gasteiger partial charge in [0, 0.05) is 17.0 Å². The lowest BCUT2D eigenvalue weighted by Gasteiger charge is -2.06. The number of benzene rings is 1. The summed E-state index contributed by atoms with van der Waals surface area (Å²) in [7, 11) is 0. The summed E-state index contributed by atoms with van der Waals surface area (Å²) in [5.41, 5.74) is 1.89. The number of aromatic amines is 1. The first-order chi connectivity index (χ1) is 12.9. The second-order valence-electron chi connectivity index (χ2n) is 6.01. The Morgan fingerprint density at radius 1 is 1.30 bits per heavy atom. The standard InChI is InChI=1S/C18H17FN4O2S2/c1-10(2)13-7-15(24)22-17(20-13)27-9-16(25)23-18-21-14(8-26-18)11-3-5-12(19)6-4-11/h3-8,10H,9H2,1-2H3,(H,20,22,24)(H,21,23,25). The molecule has 0 aliphatic heterocycles. The molecule has 0 spiro atoms. The van der Waals surface area contributed by atoms with Crippen molar-refractivity contribution in [1.29, 1.82) is 0 Å². The first-order valence-electron chi connectivity index (χ1n) is 8.16. The molecule has 1 aromatic carbocycles. The van der Waals surface area contributed by atoms with Gasteiger partial charge in [0.25, 0.3) is 5.56 Å². The third-order valence-electron chi connectivity index (χ3n) is 3.56. The molecule has 0 aliphatic rings. The highest BCUT2D eigenvalue weighted by Gasteiger charge is 2.11. The van der Waals surface area contributed by atoms with Crippen molar-refractivity contribution in [3.05, 3.63) is 57.6 Å². The molecule has 0 bridgehead atoms. The number of carbonyl (C=O) groups is 1. The van der Waals surface area contributed by atoms with Gasteiger partial charge < -0.3 is 10.3 Å². The Bertz CT molecular complexity index is 999. The number of carbonyl (C=O) groups excluding carboxylic acids is 1. The number of rotatable bonds is 6. The maximum absolute atomic E-state index is 13.0. The molecule has 0 saturated carbocycles. The molecule has 2 heterocycles. The maximum atomic E-state index is 13.0. The zero-order valence-electron chi connectivity index (χ0n) is 14.7. The van der Waals surface area contributed by atoms with E-state index >= 15 is 0 Å². The number of thiazole rings is 1. The lowest BCUT2D eigenvalue weighted by Crippen LogP contribution is -2.16. The van der Waals surface area contributed by atoms with E-state index in [1.165, 1.54) is 29.5 Å². The zero-order chi connectivity index (χ0) is 19.4. The van der Waals surface area contributed by atoms with Crippen LogP contribution in [-0.2, 0) is 4.79 Å². The van der Waals surface area contributed by atoms with Crippen LogP contribution < -0.4 is 10.9 Å². The zero-order valence-corrected chi connectivity index (χ0v) is 16.3. The number of anilines is 1. The Balaban J connectivity index is 1.60. The number of amides is 1. The number of aromatic nitrogens is 3. The third kappa shape index (κ3) is 5.24. The van der Waals surface area contributed by atoms with Gasteiger partial charge in [-0.05, 0) is 30.2 Å². The van der Waals surface area contributed by atoms with Crippen molar-refractivity contribution in [2.45, 2.75) is 24.9 Å². The molecule has 0 fully saturated rings. The van der Waals surface area contributed by atoms with Crippen LogP contribution in [0.1, 0.15) is 25.5 Å². The minimum absolute atomic E-state index is 0.0932. The highest BCUT2D eigenvalue weighted by Crippen LogP contribution is 2.25. The smallest absolute Gasteiger partial charge is 0.251 e. The molecule has 9 heteroatoms. The van der Waals surface area contributed by atoms with Gasteiger partial charge in [0.1, 0.15) is 5.82 Å². The molecular weight excluding hydrogens is 387 g/mol. The van der Waals surface area contributed by atoms with Gasteiger partial charge in [-0.25, -0.2) is 14.4 Å². The van der Waals surface area contributed by atoms with Gasteiger partial charge in [0.15, 0.2) is 10.3 Å². The van der Waals surface area contributed by atoms with Gasteiger partial charge in [-0.15, -0.1) is 11.3 Å². The van der Waals surface area contributed by atoms with E-state index in [0.29, 0.717) is 21.7 Å². The van der Waals surface area contributed by atoms with Gasteiger partial charge in [0.05, 0.1) is 17.1 Å². The molecule has 140 valence electrons. The summed E-state index contributed by atoms with van der Waals surface area (Å²) in [6, 6.07) is 7.46. The molecule has 0 unspecified atom stereocenters. The lowest BCUT2D eigenvalue weighted by molar-refractivity contribution is -0.113. The first kappa shape index (κ1) is 19.2. The predicted octanol–water partition coefficient (Wildman–Crippen LogP) is 3.89. The van der Waals surface area contributed by atoms with E-state index in [1.54, 1.807) is 17.5 Å². The average Bonchev–Trinajstić information content (AvgIpc) is 3.08. The third-order valence-corrected chi connectivity index (χ3v) is 5.19. The highest BCUT2D eigenvalue weighted by atomic mass is 32.2. The van der Waals surface area contributed by atoms with Crippen molar-refractivity contribution in [1.82, 2.24) is 15.0 Å². The molecule has 0 atom stereocenters. The molecule has 0 saturated heterocycles. The van der Waals surface area contributed by atoms with Crippen LogP contribution in [0, 0.1) is 5.82 Å². The fraction of sp³-hybridized carbons (Fsp3) is 0.222. The SMILES string of the molecule is CC(C)c1cc(=O)[nH]c(SCC(=O)Nc2nc(-c3ccc(F)cc3)cs2)n1. The summed E-state index contributed by atoms with van der Waals surface area (Å²) in [5.74, 6) is -0.346. The topological polar surface area (TPSA) is 87.7 Å². The van der Waals surface area contributed by atoms with E-state index in [0.717, 1.165) is 17.3 Å². The number of nitrogens with zero attached hydrogens (tertiary/aromatic N) is 2. The van der Waals surface area contributed by atoms with Crippen LogP contribution in [0.4, 0.5) is 9.52 Å². The summed E-state index contributed by atoms with van der Waals surface area (Å²) in [5, 5.41) is 5.38. The summed E-state index contributed by atoms with van der Waals surface area (Å²) < 4.78 is 13.0. The molecule has 0 aliphatic carbocycles. The normalized spacial score (nSPS) is 11.0. The van der Waals surface area contributed by atoms with Gasteiger partial charge in [0.2, 0.25) is 5.91 Å². The molecule has 2 N–H and O–H groups in total. The Morgan fingerprint density at radius 2 is 2.04 bits per heavy atom. The van der Waals surface area contributed by atoms with E-state index in [1.807, 2.05) is 13.8 Å². The van der Waals surface area contributed by atoms with Crippen LogP contribution in [0.3, 0.4) is 0 Å². The van der Waals surface area contributed by atoms with Crippen LogP contribution in [0.5, 0.6) is 0 Å². The van der Waals surface area contributed by atoms with Crippen LogP contribution >= 0.6 is 23.1 Å².